The Labute approximate surface area is 244 Å². The molecule has 3 aromatic heterocycles. The van der Waals surface area contributed by atoms with Crippen LogP contribution in [-0.4, -0.2) is 38.4 Å². The highest BCUT2D eigenvalue weighted by atomic mass is 35.5. The summed E-state index contributed by atoms with van der Waals surface area (Å²) in [5.41, 5.74) is 0.582. The number of aromatic nitrogens is 3. The number of ether oxygens (including phenoxy) is 2. The van der Waals surface area contributed by atoms with Crippen LogP contribution in [0.15, 0.2) is 59.5 Å². The zero-order chi connectivity index (χ0) is 30.3. The van der Waals surface area contributed by atoms with E-state index >= 15 is 0 Å². The molecule has 216 valence electrons. The Hall–Kier alpha value is -4.70. The fraction of sp³-hybridized carbons (Fsp3) is 0.226. The second kappa shape index (κ2) is 10.9. The van der Waals surface area contributed by atoms with Gasteiger partial charge in [0.2, 0.25) is 6.79 Å². The average molecular weight is 592 g/mol. The predicted molar refractivity (Wildman–Crippen MR) is 157 cm³/mol. The van der Waals surface area contributed by atoms with Crippen LogP contribution in [-0.2, 0) is 16.1 Å². The lowest BCUT2D eigenvalue weighted by molar-refractivity contribution is -0.159. The number of aromatic amines is 1. The highest BCUT2D eigenvalue weighted by Crippen LogP contribution is 2.36. The maximum atomic E-state index is 14.8. The molecule has 0 amide bonds. The molecule has 3 heterocycles. The van der Waals surface area contributed by atoms with Gasteiger partial charge in [-0.05, 0) is 75.7 Å². The van der Waals surface area contributed by atoms with Crippen LogP contribution >= 0.6 is 11.6 Å². The number of nitrogens with zero attached hydrogens (tertiary/aromatic N) is 2. The van der Waals surface area contributed by atoms with Crippen LogP contribution in [0, 0.1) is 18.2 Å². The number of carboxylic acids is 1. The van der Waals surface area contributed by atoms with E-state index in [0.717, 1.165) is 0 Å². The molecule has 0 saturated carbocycles. The van der Waals surface area contributed by atoms with Crippen molar-refractivity contribution < 1.29 is 28.6 Å². The number of rotatable bonds is 7. The Morgan fingerprint density at radius 3 is 2.60 bits per heavy atom. The number of aryl methyl sites for hydroxylation is 1. The molecule has 0 spiro atoms. The zero-order valence-electron chi connectivity index (χ0n) is 23.2. The first kappa shape index (κ1) is 28.8. The summed E-state index contributed by atoms with van der Waals surface area (Å²) in [6.45, 7) is 6.46. The van der Waals surface area contributed by atoms with Crippen molar-refractivity contribution in [3.05, 3.63) is 92.9 Å². The first-order chi connectivity index (χ1) is 19.8. The Kier molecular flexibility index (Phi) is 7.51. The van der Waals surface area contributed by atoms with Crippen LogP contribution in [0.1, 0.15) is 42.4 Å². The molecule has 0 bridgehead atoms. The predicted octanol–water partition coefficient (Wildman–Crippen LogP) is 6.32. The third-order valence-electron chi connectivity index (χ3n) is 6.81. The summed E-state index contributed by atoms with van der Waals surface area (Å²) in [4.78, 5) is 44.4. The van der Waals surface area contributed by atoms with E-state index in [9.17, 15) is 23.9 Å². The number of esters is 1. The summed E-state index contributed by atoms with van der Waals surface area (Å²) in [5.74, 6) is -1.80. The standard InChI is InChI=1S/C31H27ClFN3O6/c1-16-10-21-24(13-22(16)33)36(26(29(38)39)25(21)20-6-5-9-34-28(20)37)14-18-11-17-7-8-19(12-23(17)35-27(18)32)41-15-42-30(40)31(2,3)4/h5-13H,14-15H2,1-4H3,(H,34,37)(H,38,39). The van der Waals surface area contributed by atoms with Gasteiger partial charge in [-0.15, -0.1) is 0 Å². The summed E-state index contributed by atoms with van der Waals surface area (Å²) < 4.78 is 26.9. The number of nitrogens with one attached hydrogen (secondary N) is 1. The Morgan fingerprint density at radius 2 is 1.90 bits per heavy atom. The number of aromatic carboxylic acids is 1. The topological polar surface area (TPSA) is 124 Å². The van der Waals surface area contributed by atoms with Gasteiger partial charge in [0.15, 0.2) is 0 Å². The highest BCUT2D eigenvalue weighted by molar-refractivity contribution is 6.30. The maximum Gasteiger partial charge on any atom is 0.353 e. The normalized spacial score (nSPS) is 11.7. The molecule has 0 aliphatic rings. The number of benzene rings is 2. The van der Waals surface area contributed by atoms with E-state index in [1.165, 1.54) is 29.0 Å². The molecule has 0 aliphatic carbocycles. The molecule has 0 aliphatic heterocycles. The van der Waals surface area contributed by atoms with Crippen molar-refractivity contribution in [2.45, 2.75) is 34.2 Å². The Balaban J connectivity index is 1.56. The quantitative estimate of drug-likeness (QED) is 0.129. The van der Waals surface area contributed by atoms with E-state index < -0.39 is 28.7 Å². The van der Waals surface area contributed by atoms with Crippen LogP contribution in [0.3, 0.4) is 0 Å². The van der Waals surface area contributed by atoms with Gasteiger partial charge in [-0.25, -0.2) is 14.2 Å². The number of carboxylic acid groups (broad SMARTS) is 1. The van der Waals surface area contributed by atoms with Gasteiger partial charge in [-0.2, -0.15) is 0 Å². The lowest BCUT2D eigenvalue weighted by Gasteiger charge is -2.16. The minimum Gasteiger partial charge on any atom is -0.477 e. The van der Waals surface area contributed by atoms with E-state index in [1.807, 2.05) is 0 Å². The maximum absolute atomic E-state index is 14.8. The number of carbonyl (C=O) groups is 2. The second-order valence-corrected chi connectivity index (χ2v) is 11.2. The molecular weight excluding hydrogens is 565 g/mol. The molecule has 42 heavy (non-hydrogen) atoms. The van der Waals surface area contributed by atoms with Gasteiger partial charge in [-0.3, -0.25) is 9.59 Å². The molecule has 0 atom stereocenters. The van der Waals surface area contributed by atoms with Crippen molar-refractivity contribution >= 4 is 45.3 Å². The molecular formula is C31H27ClFN3O6. The van der Waals surface area contributed by atoms with Crippen molar-refractivity contribution in [3.8, 4) is 16.9 Å². The largest absolute Gasteiger partial charge is 0.477 e. The minimum atomic E-state index is -1.29. The Morgan fingerprint density at radius 1 is 1.14 bits per heavy atom. The summed E-state index contributed by atoms with van der Waals surface area (Å²) in [6, 6.07) is 12.7. The molecule has 2 N–H and O–H groups in total. The van der Waals surface area contributed by atoms with Crippen LogP contribution < -0.4 is 10.3 Å². The second-order valence-electron chi connectivity index (χ2n) is 10.9. The van der Waals surface area contributed by atoms with E-state index in [2.05, 4.69) is 9.97 Å². The molecule has 5 rings (SSSR count). The lowest BCUT2D eigenvalue weighted by atomic mass is 9.98. The number of carbonyl (C=O) groups excluding carboxylic acids is 1. The van der Waals surface area contributed by atoms with Crippen molar-refractivity contribution in [1.82, 2.24) is 14.5 Å². The number of H-pyrrole nitrogens is 1. The number of halogens is 2. The van der Waals surface area contributed by atoms with Gasteiger partial charge in [-0.1, -0.05) is 11.6 Å². The van der Waals surface area contributed by atoms with Crippen LogP contribution in [0.5, 0.6) is 5.75 Å². The van der Waals surface area contributed by atoms with Crippen LogP contribution in [0.2, 0.25) is 5.15 Å². The van der Waals surface area contributed by atoms with Gasteiger partial charge in [0.1, 0.15) is 22.4 Å². The molecule has 5 aromatic rings. The number of fused-ring (bicyclic) bond motifs is 2. The lowest BCUT2D eigenvalue weighted by Crippen LogP contribution is -2.24. The third-order valence-corrected chi connectivity index (χ3v) is 7.13. The zero-order valence-corrected chi connectivity index (χ0v) is 24.0. The summed E-state index contributed by atoms with van der Waals surface area (Å²) in [6.07, 6.45) is 1.45. The number of hydrogen-bond acceptors (Lipinski definition) is 6. The van der Waals surface area contributed by atoms with Gasteiger partial charge in [0.25, 0.3) is 5.56 Å². The van der Waals surface area contributed by atoms with E-state index in [1.54, 1.807) is 58.0 Å². The third kappa shape index (κ3) is 5.45. The SMILES string of the molecule is Cc1cc2c(-c3ccc[nH]c3=O)c(C(=O)O)n(Cc3cc4ccc(OCOC(=O)C(C)(C)C)cc4nc3Cl)c2cc1F. The monoisotopic (exact) mass is 591 g/mol. The molecule has 0 fully saturated rings. The molecule has 0 saturated heterocycles. The Bertz CT molecular complexity index is 1940. The number of pyridine rings is 2. The first-order valence-electron chi connectivity index (χ1n) is 13.0. The summed E-state index contributed by atoms with van der Waals surface area (Å²) >= 11 is 6.58. The highest BCUT2D eigenvalue weighted by Gasteiger charge is 2.27. The molecule has 11 heteroatoms. The van der Waals surface area contributed by atoms with E-state index in [4.69, 9.17) is 21.1 Å². The van der Waals surface area contributed by atoms with Crippen molar-refractivity contribution in [2.75, 3.05) is 6.79 Å². The molecule has 9 nitrogen and oxygen atoms in total. The number of hydrogen-bond donors (Lipinski definition) is 2. The van der Waals surface area contributed by atoms with Crippen molar-refractivity contribution in [3.63, 3.8) is 0 Å². The van der Waals surface area contributed by atoms with Gasteiger partial charge < -0.3 is 24.1 Å². The van der Waals surface area contributed by atoms with Gasteiger partial charge in [0, 0.05) is 39.7 Å². The van der Waals surface area contributed by atoms with E-state index in [-0.39, 0.29) is 35.3 Å². The minimum absolute atomic E-state index is 0.0614. The van der Waals surface area contributed by atoms with Crippen molar-refractivity contribution in [1.29, 1.82) is 0 Å². The van der Waals surface area contributed by atoms with E-state index in [0.29, 0.717) is 38.7 Å². The fourth-order valence-corrected chi connectivity index (χ4v) is 4.87. The fourth-order valence-electron chi connectivity index (χ4n) is 4.66. The van der Waals surface area contributed by atoms with Gasteiger partial charge in [0.05, 0.1) is 23.0 Å². The molecule has 2 aromatic carbocycles. The first-order valence-corrected chi connectivity index (χ1v) is 13.4. The average Bonchev–Trinajstić information content (AvgIpc) is 3.21. The van der Waals surface area contributed by atoms with Gasteiger partial charge >= 0.3 is 11.9 Å². The molecule has 0 radical (unpaired) electrons. The molecule has 0 unspecified atom stereocenters. The smallest absolute Gasteiger partial charge is 0.353 e. The summed E-state index contributed by atoms with van der Waals surface area (Å²) in [5, 5.41) is 11.5. The van der Waals surface area contributed by atoms with Crippen LogP contribution in [0.25, 0.3) is 32.9 Å². The van der Waals surface area contributed by atoms with Crippen molar-refractivity contribution in [2.24, 2.45) is 5.41 Å². The summed E-state index contributed by atoms with van der Waals surface area (Å²) in [7, 11) is 0. The van der Waals surface area contributed by atoms with Crippen LogP contribution in [0.4, 0.5) is 4.39 Å².